The summed E-state index contributed by atoms with van der Waals surface area (Å²) in [7, 11) is 0. The molecule has 0 radical (unpaired) electrons. The lowest BCUT2D eigenvalue weighted by atomic mass is 9.96. The molecule has 0 aliphatic rings. The standard InChI is InChI=1S/C16H23NO/c1-4-12(3)14-7-6-8-15-13(9-10-17-5-2)11-18-16(14)15/h6-8,11-12,17H,4-5,9-10H2,1-3H3. The highest BCUT2D eigenvalue weighted by Gasteiger charge is 2.12. The van der Waals surface area contributed by atoms with Crippen molar-refractivity contribution in [3.05, 3.63) is 35.6 Å². The Morgan fingerprint density at radius 2 is 2.11 bits per heavy atom. The summed E-state index contributed by atoms with van der Waals surface area (Å²) in [6.45, 7) is 8.65. The number of rotatable bonds is 6. The van der Waals surface area contributed by atoms with Gasteiger partial charge in [0.05, 0.1) is 6.26 Å². The molecule has 0 aliphatic heterocycles. The van der Waals surface area contributed by atoms with E-state index < -0.39 is 0 Å². The summed E-state index contributed by atoms with van der Waals surface area (Å²) in [4.78, 5) is 0. The summed E-state index contributed by atoms with van der Waals surface area (Å²) in [6, 6.07) is 6.51. The van der Waals surface area contributed by atoms with Gasteiger partial charge in [0.15, 0.2) is 0 Å². The lowest BCUT2D eigenvalue weighted by molar-refractivity contribution is 0.595. The Bertz CT molecular complexity index is 501. The van der Waals surface area contributed by atoms with Gasteiger partial charge in [-0.2, -0.15) is 0 Å². The van der Waals surface area contributed by atoms with Gasteiger partial charge in [0.25, 0.3) is 0 Å². The van der Waals surface area contributed by atoms with Crippen LogP contribution in [0.2, 0.25) is 0 Å². The number of fused-ring (bicyclic) bond motifs is 1. The maximum absolute atomic E-state index is 5.81. The minimum Gasteiger partial charge on any atom is -0.464 e. The molecular formula is C16H23NO. The molecule has 2 aromatic rings. The Morgan fingerprint density at radius 1 is 1.28 bits per heavy atom. The highest BCUT2D eigenvalue weighted by molar-refractivity contribution is 5.84. The molecule has 0 saturated carbocycles. The van der Waals surface area contributed by atoms with E-state index in [1.807, 2.05) is 6.26 Å². The summed E-state index contributed by atoms with van der Waals surface area (Å²) in [5, 5.41) is 4.64. The van der Waals surface area contributed by atoms with Crippen LogP contribution < -0.4 is 5.32 Å². The maximum Gasteiger partial charge on any atom is 0.137 e. The van der Waals surface area contributed by atoms with E-state index in [2.05, 4.69) is 44.3 Å². The summed E-state index contributed by atoms with van der Waals surface area (Å²) in [6.07, 6.45) is 4.10. The average molecular weight is 245 g/mol. The van der Waals surface area contributed by atoms with E-state index in [1.54, 1.807) is 0 Å². The van der Waals surface area contributed by atoms with Crippen LogP contribution >= 0.6 is 0 Å². The smallest absolute Gasteiger partial charge is 0.137 e. The predicted octanol–water partition coefficient (Wildman–Crippen LogP) is 4.10. The Morgan fingerprint density at radius 3 is 2.83 bits per heavy atom. The van der Waals surface area contributed by atoms with E-state index in [0.717, 1.165) is 31.5 Å². The highest BCUT2D eigenvalue weighted by atomic mass is 16.3. The fourth-order valence-electron chi connectivity index (χ4n) is 2.33. The van der Waals surface area contributed by atoms with Gasteiger partial charge >= 0.3 is 0 Å². The van der Waals surface area contributed by atoms with Crippen molar-refractivity contribution >= 4 is 11.0 Å². The van der Waals surface area contributed by atoms with Gasteiger partial charge in [0.2, 0.25) is 0 Å². The molecule has 1 heterocycles. The van der Waals surface area contributed by atoms with Crippen LogP contribution in [0, 0.1) is 0 Å². The van der Waals surface area contributed by atoms with E-state index >= 15 is 0 Å². The van der Waals surface area contributed by atoms with Crippen molar-refractivity contribution in [2.75, 3.05) is 13.1 Å². The third-order valence-corrected chi connectivity index (χ3v) is 3.67. The zero-order valence-electron chi connectivity index (χ0n) is 11.6. The first-order chi connectivity index (χ1) is 8.77. The number of para-hydroxylation sites is 1. The van der Waals surface area contributed by atoms with Crippen molar-refractivity contribution < 1.29 is 4.42 Å². The summed E-state index contributed by atoms with van der Waals surface area (Å²) >= 11 is 0. The fourth-order valence-corrected chi connectivity index (χ4v) is 2.33. The zero-order chi connectivity index (χ0) is 13.0. The molecule has 18 heavy (non-hydrogen) atoms. The van der Waals surface area contributed by atoms with Crippen molar-refractivity contribution in [3.63, 3.8) is 0 Å². The number of hydrogen-bond donors (Lipinski definition) is 1. The van der Waals surface area contributed by atoms with Crippen molar-refractivity contribution in [3.8, 4) is 0 Å². The molecule has 1 atom stereocenters. The number of hydrogen-bond acceptors (Lipinski definition) is 2. The lowest BCUT2D eigenvalue weighted by Crippen LogP contribution is -2.15. The molecular weight excluding hydrogens is 222 g/mol. The zero-order valence-corrected chi connectivity index (χ0v) is 11.6. The second-order valence-electron chi connectivity index (χ2n) is 4.90. The van der Waals surface area contributed by atoms with Crippen molar-refractivity contribution in [1.29, 1.82) is 0 Å². The van der Waals surface area contributed by atoms with Crippen LogP contribution in [0.1, 0.15) is 44.2 Å². The molecule has 2 nitrogen and oxygen atoms in total. The summed E-state index contributed by atoms with van der Waals surface area (Å²) in [5.41, 5.74) is 3.74. The first-order valence-electron chi connectivity index (χ1n) is 6.97. The second kappa shape index (κ2) is 6.05. The van der Waals surface area contributed by atoms with E-state index in [-0.39, 0.29) is 0 Å². The average Bonchev–Trinajstić information content (AvgIpc) is 2.81. The number of likely N-dealkylation sites (N-methyl/N-ethyl adjacent to an activating group) is 1. The molecule has 0 bridgehead atoms. The largest absolute Gasteiger partial charge is 0.464 e. The van der Waals surface area contributed by atoms with Gasteiger partial charge in [-0.05, 0) is 43.0 Å². The normalized spacial score (nSPS) is 13.1. The van der Waals surface area contributed by atoms with Crippen LogP contribution in [0.3, 0.4) is 0 Å². The van der Waals surface area contributed by atoms with Crippen molar-refractivity contribution in [2.45, 2.75) is 39.5 Å². The molecule has 0 spiro atoms. The van der Waals surface area contributed by atoms with Crippen LogP contribution in [0.5, 0.6) is 0 Å². The van der Waals surface area contributed by atoms with Gasteiger partial charge in [-0.3, -0.25) is 0 Å². The van der Waals surface area contributed by atoms with E-state index in [4.69, 9.17) is 4.42 Å². The molecule has 0 fully saturated rings. The van der Waals surface area contributed by atoms with Gasteiger partial charge in [-0.15, -0.1) is 0 Å². The monoisotopic (exact) mass is 245 g/mol. The molecule has 1 aromatic heterocycles. The summed E-state index contributed by atoms with van der Waals surface area (Å²) in [5.74, 6) is 0.557. The third-order valence-electron chi connectivity index (χ3n) is 3.67. The van der Waals surface area contributed by atoms with Gasteiger partial charge in [-0.25, -0.2) is 0 Å². The molecule has 1 N–H and O–H groups in total. The summed E-state index contributed by atoms with van der Waals surface area (Å²) < 4.78 is 5.81. The van der Waals surface area contributed by atoms with Crippen molar-refractivity contribution in [2.24, 2.45) is 0 Å². The van der Waals surface area contributed by atoms with Crippen LogP contribution in [0.4, 0.5) is 0 Å². The van der Waals surface area contributed by atoms with Crippen molar-refractivity contribution in [1.82, 2.24) is 5.32 Å². The second-order valence-corrected chi connectivity index (χ2v) is 4.90. The quantitative estimate of drug-likeness (QED) is 0.775. The lowest BCUT2D eigenvalue weighted by Gasteiger charge is -2.09. The molecule has 2 rings (SSSR count). The van der Waals surface area contributed by atoms with Crippen LogP contribution in [0.15, 0.2) is 28.9 Å². The molecule has 2 heteroatoms. The Balaban J connectivity index is 2.30. The Kier molecular flexibility index (Phi) is 4.43. The molecule has 0 aliphatic carbocycles. The maximum atomic E-state index is 5.81. The van der Waals surface area contributed by atoms with Crippen LogP contribution in [-0.2, 0) is 6.42 Å². The van der Waals surface area contributed by atoms with E-state index in [0.29, 0.717) is 5.92 Å². The molecule has 98 valence electrons. The molecule has 1 aromatic carbocycles. The van der Waals surface area contributed by atoms with Gasteiger partial charge in [0.1, 0.15) is 5.58 Å². The number of nitrogens with one attached hydrogen (secondary N) is 1. The fraction of sp³-hybridized carbons (Fsp3) is 0.500. The minimum absolute atomic E-state index is 0.557. The first-order valence-corrected chi connectivity index (χ1v) is 6.97. The van der Waals surface area contributed by atoms with E-state index in [1.165, 1.54) is 16.5 Å². The Hall–Kier alpha value is -1.28. The third kappa shape index (κ3) is 2.59. The Labute approximate surface area is 109 Å². The van der Waals surface area contributed by atoms with Gasteiger partial charge in [-0.1, -0.05) is 39.0 Å². The van der Waals surface area contributed by atoms with E-state index in [9.17, 15) is 0 Å². The topological polar surface area (TPSA) is 25.2 Å². The predicted molar refractivity (Wildman–Crippen MR) is 77.2 cm³/mol. The number of benzene rings is 1. The highest BCUT2D eigenvalue weighted by Crippen LogP contribution is 2.30. The van der Waals surface area contributed by atoms with Gasteiger partial charge in [0, 0.05) is 5.39 Å². The van der Waals surface area contributed by atoms with Gasteiger partial charge < -0.3 is 9.73 Å². The number of furan rings is 1. The first kappa shape index (κ1) is 13.2. The molecule has 0 saturated heterocycles. The SMILES string of the molecule is CCNCCc1coc2c(C(C)CC)cccc12. The van der Waals surface area contributed by atoms with Crippen LogP contribution in [0.25, 0.3) is 11.0 Å². The van der Waals surface area contributed by atoms with Crippen LogP contribution in [-0.4, -0.2) is 13.1 Å². The molecule has 0 amide bonds. The minimum atomic E-state index is 0.557. The molecule has 1 unspecified atom stereocenters.